The summed E-state index contributed by atoms with van der Waals surface area (Å²) in [5.41, 5.74) is 0.164. The van der Waals surface area contributed by atoms with Gasteiger partial charge in [-0.15, -0.1) is 0 Å². The predicted molar refractivity (Wildman–Crippen MR) is 74.4 cm³/mol. The predicted octanol–water partition coefficient (Wildman–Crippen LogP) is 4.70. The Hall–Kier alpha value is 0.430. The quantitative estimate of drug-likeness (QED) is 0.684. The summed E-state index contributed by atoms with van der Waals surface area (Å²) in [6.07, 6.45) is 7.07. The molecule has 15 heavy (non-hydrogen) atoms. The average molecular weight is 322 g/mol. The Morgan fingerprint density at radius 3 is 2.60 bits per heavy atom. The minimum absolute atomic E-state index is 0.0260. The van der Waals surface area contributed by atoms with Gasteiger partial charge in [0.25, 0.3) is 0 Å². The normalized spacial score (nSPS) is 27.7. The molecule has 0 N–H and O–H groups in total. The van der Waals surface area contributed by atoms with Gasteiger partial charge >= 0.3 is 0 Å². The third-order valence-electron chi connectivity index (χ3n) is 3.27. The maximum atomic E-state index is 6.17. The smallest absolute Gasteiger partial charge is 0.103 e. The summed E-state index contributed by atoms with van der Waals surface area (Å²) in [5, 5.41) is 0. The van der Waals surface area contributed by atoms with E-state index in [1.807, 2.05) is 0 Å². The molecule has 0 aliphatic carbocycles. The number of hydrogen-bond donors (Lipinski definition) is 0. The largest absolute Gasteiger partial charge is 0.369 e. The van der Waals surface area contributed by atoms with Gasteiger partial charge in [0.05, 0.1) is 6.61 Å². The molecule has 1 heterocycles. The maximum absolute atomic E-state index is 6.17. The van der Waals surface area contributed by atoms with E-state index in [4.69, 9.17) is 4.74 Å². The van der Waals surface area contributed by atoms with Crippen LogP contribution >= 0.6 is 22.6 Å². The Labute approximate surface area is 108 Å². The van der Waals surface area contributed by atoms with Crippen LogP contribution < -0.4 is 0 Å². The Kier molecular flexibility index (Phi) is 4.65. The monoisotopic (exact) mass is 322 g/mol. The van der Waals surface area contributed by atoms with Crippen molar-refractivity contribution in [2.24, 2.45) is 5.41 Å². The van der Waals surface area contributed by atoms with Crippen molar-refractivity contribution in [2.75, 3.05) is 6.61 Å². The molecule has 1 atom stereocenters. The first-order valence-corrected chi connectivity index (χ1v) is 7.02. The zero-order valence-corrected chi connectivity index (χ0v) is 12.6. The lowest BCUT2D eigenvalue weighted by Gasteiger charge is -2.46. The molecule has 0 aromatic heterocycles. The third-order valence-corrected chi connectivity index (χ3v) is 4.58. The van der Waals surface area contributed by atoms with Crippen molar-refractivity contribution < 1.29 is 4.74 Å². The fourth-order valence-electron chi connectivity index (χ4n) is 2.22. The molecule has 0 radical (unpaired) electrons. The van der Waals surface area contributed by atoms with E-state index in [-0.39, 0.29) is 11.0 Å². The summed E-state index contributed by atoms with van der Waals surface area (Å²) >= 11 is 2.47. The van der Waals surface area contributed by atoms with Gasteiger partial charge in [0.15, 0.2) is 0 Å². The fourth-order valence-corrected chi connectivity index (χ4v) is 3.77. The van der Waals surface area contributed by atoms with E-state index in [2.05, 4.69) is 56.4 Å². The van der Waals surface area contributed by atoms with Crippen molar-refractivity contribution in [2.45, 2.75) is 59.0 Å². The number of hydrogen-bond acceptors (Lipinski definition) is 1. The zero-order valence-electron chi connectivity index (χ0n) is 10.4. The molecule has 1 rings (SSSR count). The molecule has 2 heteroatoms. The van der Waals surface area contributed by atoms with E-state index in [0.29, 0.717) is 0 Å². The van der Waals surface area contributed by atoms with Crippen LogP contribution in [0.3, 0.4) is 0 Å². The van der Waals surface area contributed by atoms with Crippen LogP contribution in [0.15, 0.2) is 9.66 Å². The molecule has 0 fully saturated rings. The van der Waals surface area contributed by atoms with Gasteiger partial charge in [-0.25, -0.2) is 0 Å². The Morgan fingerprint density at radius 2 is 2.13 bits per heavy atom. The van der Waals surface area contributed by atoms with E-state index in [9.17, 15) is 0 Å². The highest BCUT2D eigenvalue weighted by Gasteiger charge is 2.45. The van der Waals surface area contributed by atoms with Gasteiger partial charge in [0, 0.05) is 3.58 Å². The number of halogens is 1. The Morgan fingerprint density at radius 1 is 1.47 bits per heavy atom. The average Bonchev–Trinajstić information content (AvgIpc) is 2.15. The summed E-state index contributed by atoms with van der Waals surface area (Å²) in [6, 6.07) is 0. The van der Waals surface area contributed by atoms with Crippen molar-refractivity contribution >= 4 is 22.6 Å². The third kappa shape index (κ3) is 2.76. The standard InChI is InChI=1S/C13H23IO/c1-5-6-9-13(12(2,3)4)11(14)8-7-10-15-13/h8H,5-7,9-10H2,1-4H3. The van der Waals surface area contributed by atoms with Crippen molar-refractivity contribution in [1.29, 1.82) is 0 Å². The van der Waals surface area contributed by atoms with Gasteiger partial charge in [-0.2, -0.15) is 0 Å². The molecule has 0 spiro atoms. The minimum atomic E-state index is -0.0260. The lowest BCUT2D eigenvalue weighted by Crippen LogP contribution is -2.47. The second-order valence-corrected chi connectivity index (χ2v) is 6.53. The first-order valence-electron chi connectivity index (χ1n) is 5.94. The molecule has 1 aliphatic heterocycles. The van der Waals surface area contributed by atoms with Crippen molar-refractivity contribution in [3.05, 3.63) is 9.66 Å². The van der Waals surface area contributed by atoms with Crippen LogP contribution in [0, 0.1) is 5.41 Å². The molecular weight excluding hydrogens is 299 g/mol. The minimum Gasteiger partial charge on any atom is -0.369 e. The van der Waals surface area contributed by atoms with Crippen molar-refractivity contribution in [3.8, 4) is 0 Å². The Bertz CT molecular complexity index is 239. The van der Waals surface area contributed by atoms with Gasteiger partial charge in [-0.05, 0) is 40.8 Å². The van der Waals surface area contributed by atoms with E-state index in [0.717, 1.165) is 19.4 Å². The number of unbranched alkanes of at least 4 members (excludes halogenated alkanes) is 1. The van der Waals surface area contributed by atoms with E-state index >= 15 is 0 Å². The number of ether oxygens (including phenoxy) is 1. The van der Waals surface area contributed by atoms with Crippen LogP contribution in [0.2, 0.25) is 0 Å². The molecule has 0 amide bonds. The van der Waals surface area contributed by atoms with Crippen LogP contribution in [0.1, 0.15) is 53.4 Å². The van der Waals surface area contributed by atoms with Gasteiger partial charge in [0.1, 0.15) is 5.60 Å². The van der Waals surface area contributed by atoms with Gasteiger partial charge in [0.2, 0.25) is 0 Å². The van der Waals surface area contributed by atoms with Crippen LogP contribution in [-0.2, 0) is 4.74 Å². The van der Waals surface area contributed by atoms with Crippen molar-refractivity contribution in [3.63, 3.8) is 0 Å². The second-order valence-electron chi connectivity index (χ2n) is 5.37. The van der Waals surface area contributed by atoms with Crippen molar-refractivity contribution in [1.82, 2.24) is 0 Å². The molecular formula is C13H23IO. The second kappa shape index (κ2) is 5.17. The SMILES string of the molecule is CCCCC1(C(C)(C)C)OCCC=C1I. The highest BCUT2D eigenvalue weighted by atomic mass is 127. The van der Waals surface area contributed by atoms with Crippen LogP contribution in [0.4, 0.5) is 0 Å². The van der Waals surface area contributed by atoms with Crippen LogP contribution in [0.5, 0.6) is 0 Å². The van der Waals surface area contributed by atoms with Gasteiger partial charge in [-0.3, -0.25) is 0 Å². The van der Waals surface area contributed by atoms with E-state index in [1.165, 1.54) is 16.4 Å². The fraction of sp³-hybridized carbons (Fsp3) is 0.846. The van der Waals surface area contributed by atoms with E-state index in [1.54, 1.807) is 0 Å². The maximum Gasteiger partial charge on any atom is 0.103 e. The molecule has 1 nitrogen and oxygen atoms in total. The molecule has 0 bridgehead atoms. The lowest BCUT2D eigenvalue weighted by molar-refractivity contribution is -0.0938. The van der Waals surface area contributed by atoms with Crippen LogP contribution in [0.25, 0.3) is 0 Å². The molecule has 0 saturated carbocycles. The zero-order chi connectivity index (χ0) is 11.5. The molecule has 0 aromatic carbocycles. The first-order chi connectivity index (χ1) is 6.94. The summed E-state index contributed by atoms with van der Waals surface area (Å²) < 4.78 is 7.58. The summed E-state index contributed by atoms with van der Waals surface area (Å²) in [7, 11) is 0. The highest BCUT2D eigenvalue weighted by Crippen LogP contribution is 2.47. The molecule has 0 aromatic rings. The summed E-state index contributed by atoms with van der Waals surface area (Å²) in [4.78, 5) is 0. The molecule has 88 valence electrons. The van der Waals surface area contributed by atoms with Crippen LogP contribution in [-0.4, -0.2) is 12.2 Å². The summed E-state index contributed by atoms with van der Waals surface area (Å²) in [5.74, 6) is 0. The lowest BCUT2D eigenvalue weighted by atomic mass is 9.72. The summed E-state index contributed by atoms with van der Waals surface area (Å²) in [6.45, 7) is 10.0. The topological polar surface area (TPSA) is 9.23 Å². The molecule has 1 unspecified atom stereocenters. The van der Waals surface area contributed by atoms with Gasteiger partial charge in [-0.1, -0.05) is 46.6 Å². The first kappa shape index (κ1) is 13.5. The molecule has 0 saturated heterocycles. The number of rotatable bonds is 3. The molecule has 1 aliphatic rings. The highest BCUT2D eigenvalue weighted by molar-refractivity contribution is 14.1. The van der Waals surface area contributed by atoms with Gasteiger partial charge < -0.3 is 4.74 Å². The van der Waals surface area contributed by atoms with E-state index < -0.39 is 0 Å². The Balaban J connectivity index is 2.95.